The van der Waals surface area contributed by atoms with Crippen molar-refractivity contribution in [2.75, 3.05) is 13.2 Å². The lowest BCUT2D eigenvalue weighted by Crippen LogP contribution is -2.36. The van der Waals surface area contributed by atoms with Crippen LogP contribution in [0.25, 0.3) is 0 Å². The molecule has 0 spiro atoms. The van der Waals surface area contributed by atoms with E-state index in [1.54, 1.807) is 29.6 Å². The van der Waals surface area contributed by atoms with Crippen LogP contribution in [0, 0.1) is 0 Å². The Bertz CT molecular complexity index is 431. The van der Waals surface area contributed by atoms with Gasteiger partial charge in [0.2, 0.25) is 0 Å². The number of amides is 1. The molecule has 0 aliphatic carbocycles. The summed E-state index contributed by atoms with van der Waals surface area (Å²) in [4.78, 5) is 11.1. The summed E-state index contributed by atoms with van der Waals surface area (Å²) in [5.74, 6) is -0.501. The van der Waals surface area contributed by atoms with E-state index < -0.39 is 31.3 Å². The van der Waals surface area contributed by atoms with Crippen molar-refractivity contribution in [3.8, 4) is 5.75 Å². The van der Waals surface area contributed by atoms with E-state index in [1.807, 2.05) is 6.92 Å². The molecule has 0 bridgehead atoms. The zero-order valence-electron chi connectivity index (χ0n) is 10.9. The average molecular weight is 291 g/mol. The molecule has 2 N–H and O–H groups in total. The molecule has 1 atom stereocenters. The van der Waals surface area contributed by atoms with Gasteiger partial charge >= 0.3 is 6.18 Å². The topological polar surface area (TPSA) is 58.6 Å². The number of benzene rings is 1. The molecule has 20 heavy (non-hydrogen) atoms. The second-order valence-corrected chi connectivity index (χ2v) is 4.17. The lowest BCUT2D eigenvalue weighted by atomic mass is 10.1. The number of halogens is 3. The normalized spacial score (nSPS) is 12.8. The highest BCUT2D eigenvalue weighted by molar-refractivity contribution is 5.77. The summed E-state index contributed by atoms with van der Waals surface area (Å²) in [5.41, 5.74) is 0.710. The number of ether oxygens (including phenoxy) is 1. The van der Waals surface area contributed by atoms with Crippen molar-refractivity contribution < 1.29 is 27.8 Å². The first-order valence-electron chi connectivity index (χ1n) is 6.06. The second-order valence-electron chi connectivity index (χ2n) is 4.17. The van der Waals surface area contributed by atoms with Gasteiger partial charge < -0.3 is 15.2 Å². The predicted molar refractivity (Wildman–Crippen MR) is 66.3 cm³/mol. The SMILES string of the molecule is CCC(O)c1ccc(OCC(=O)NCC(F)(F)F)cc1. The van der Waals surface area contributed by atoms with Crippen molar-refractivity contribution in [3.05, 3.63) is 29.8 Å². The summed E-state index contributed by atoms with van der Waals surface area (Å²) in [5, 5.41) is 11.3. The monoisotopic (exact) mass is 291 g/mol. The Balaban J connectivity index is 2.40. The van der Waals surface area contributed by atoms with Gasteiger partial charge in [-0.2, -0.15) is 13.2 Å². The fraction of sp³-hybridized carbons (Fsp3) is 0.462. The third-order valence-corrected chi connectivity index (χ3v) is 2.51. The molecule has 0 radical (unpaired) electrons. The Morgan fingerprint density at radius 3 is 2.45 bits per heavy atom. The molecule has 1 rings (SSSR count). The van der Waals surface area contributed by atoms with Gasteiger partial charge in [0.15, 0.2) is 6.61 Å². The molecular formula is C13H16F3NO3. The first-order chi connectivity index (χ1) is 9.31. The number of aliphatic hydroxyl groups is 1. The van der Waals surface area contributed by atoms with Gasteiger partial charge in [-0.15, -0.1) is 0 Å². The smallest absolute Gasteiger partial charge is 0.405 e. The lowest BCUT2D eigenvalue weighted by molar-refractivity contribution is -0.139. The van der Waals surface area contributed by atoms with Crippen LogP contribution in [0.5, 0.6) is 5.75 Å². The molecule has 0 aromatic heterocycles. The van der Waals surface area contributed by atoms with Crippen LogP contribution in [0.2, 0.25) is 0 Å². The van der Waals surface area contributed by atoms with Gasteiger partial charge in [-0.25, -0.2) is 0 Å². The zero-order valence-corrected chi connectivity index (χ0v) is 10.9. The number of carbonyl (C=O) groups excluding carboxylic acids is 1. The van der Waals surface area contributed by atoms with Crippen LogP contribution in [-0.4, -0.2) is 30.3 Å². The van der Waals surface area contributed by atoms with E-state index in [-0.39, 0.29) is 0 Å². The predicted octanol–water partition coefficient (Wildman–Crippen LogP) is 2.19. The van der Waals surface area contributed by atoms with Crippen molar-refractivity contribution in [1.82, 2.24) is 5.32 Å². The van der Waals surface area contributed by atoms with E-state index in [0.29, 0.717) is 17.7 Å². The molecule has 0 saturated heterocycles. The van der Waals surface area contributed by atoms with Gasteiger partial charge in [0.25, 0.3) is 5.91 Å². The Labute approximate surface area is 114 Å². The van der Waals surface area contributed by atoms with Gasteiger partial charge in [0.05, 0.1) is 6.10 Å². The molecule has 1 aromatic rings. The van der Waals surface area contributed by atoms with Crippen molar-refractivity contribution in [1.29, 1.82) is 0 Å². The summed E-state index contributed by atoms with van der Waals surface area (Å²) in [6.45, 7) is -0.0390. The molecule has 0 aliphatic rings. The maximum Gasteiger partial charge on any atom is 0.405 e. The molecule has 0 fully saturated rings. The van der Waals surface area contributed by atoms with Crippen LogP contribution in [0.4, 0.5) is 13.2 Å². The van der Waals surface area contributed by atoms with E-state index in [1.165, 1.54) is 0 Å². The number of hydrogen-bond donors (Lipinski definition) is 2. The third kappa shape index (κ3) is 5.92. The third-order valence-electron chi connectivity index (χ3n) is 2.51. The van der Waals surface area contributed by atoms with Gasteiger partial charge in [0, 0.05) is 0 Å². The van der Waals surface area contributed by atoms with Crippen molar-refractivity contribution >= 4 is 5.91 Å². The number of nitrogens with one attached hydrogen (secondary N) is 1. The highest BCUT2D eigenvalue weighted by Gasteiger charge is 2.27. The Hall–Kier alpha value is -1.76. The van der Waals surface area contributed by atoms with Crippen molar-refractivity contribution in [2.45, 2.75) is 25.6 Å². The van der Waals surface area contributed by atoms with Gasteiger partial charge in [0.1, 0.15) is 12.3 Å². The molecule has 0 heterocycles. The Kier molecular flexibility index (Phi) is 5.82. The van der Waals surface area contributed by atoms with E-state index in [0.717, 1.165) is 0 Å². The fourth-order valence-corrected chi connectivity index (χ4v) is 1.42. The molecule has 1 amide bonds. The fourth-order valence-electron chi connectivity index (χ4n) is 1.42. The number of rotatable bonds is 6. The van der Waals surface area contributed by atoms with Gasteiger partial charge in [-0.05, 0) is 24.1 Å². The molecule has 7 heteroatoms. The largest absolute Gasteiger partial charge is 0.484 e. The van der Waals surface area contributed by atoms with Gasteiger partial charge in [-0.1, -0.05) is 19.1 Å². The maximum absolute atomic E-state index is 11.9. The number of aliphatic hydroxyl groups excluding tert-OH is 1. The van der Waals surface area contributed by atoms with Crippen molar-refractivity contribution in [2.24, 2.45) is 0 Å². The molecule has 1 aromatic carbocycles. The number of carbonyl (C=O) groups is 1. The minimum atomic E-state index is -4.44. The molecule has 0 aliphatic heterocycles. The quantitative estimate of drug-likeness (QED) is 0.844. The summed E-state index contributed by atoms with van der Waals surface area (Å²) >= 11 is 0. The van der Waals surface area contributed by atoms with Crippen LogP contribution >= 0.6 is 0 Å². The summed E-state index contributed by atoms with van der Waals surface area (Å²) in [6, 6.07) is 6.37. The Morgan fingerprint density at radius 1 is 1.35 bits per heavy atom. The van der Waals surface area contributed by atoms with Crippen LogP contribution in [-0.2, 0) is 4.79 Å². The molecule has 112 valence electrons. The summed E-state index contributed by atoms with van der Waals surface area (Å²) in [6.07, 6.45) is -4.44. The van der Waals surface area contributed by atoms with Crippen LogP contribution in [0.3, 0.4) is 0 Å². The van der Waals surface area contributed by atoms with Crippen LogP contribution in [0.15, 0.2) is 24.3 Å². The van der Waals surface area contributed by atoms with E-state index >= 15 is 0 Å². The van der Waals surface area contributed by atoms with E-state index in [4.69, 9.17) is 4.74 Å². The highest BCUT2D eigenvalue weighted by atomic mass is 19.4. The first kappa shape index (κ1) is 16.3. The standard InChI is InChI=1S/C13H16F3NO3/c1-2-11(18)9-3-5-10(6-4-9)20-7-12(19)17-8-13(14,15)16/h3-6,11,18H,2,7-8H2,1H3,(H,17,19). The van der Waals surface area contributed by atoms with Crippen LogP contribution in [0.1, 0.15) is 25.0 Å². The zero-order chi connectivity index (χ0) is 15.2. The van der Waals surface area contributed by atoms with E-state index in [9.17, 15) is 23.1 Å². The summed E-state index contributed by atoms with van der Waals surface area (Å²) < 4.78 is 40.6. The number of hydrogen-bond acceptors (Lipinski definition) is 3. The van der Waals surface area contributed by atoms with Gasteiger partial charge in [-0.3, -0.25) is 4.79 Å². The lowest BCUT2D eigenvalue weighted by Gasteiger charge is -2.11. The first-order valence-corrected chi connectivity index (χ1v) is 6.06. The molecule has 4 nitrogen and oxygen atoms in total. The minimum absolute atomic E-state index is 0.346. The summed E-state index contributed by atoms with van der Waals surface area (Å²) in [7, 11) is 0. The molecule has 0 saturated carbocycles. The van der Waals surface area contributed by atoms with Crippen LogP contribution < -0.4 is 10.1 Å². The average Bonchev–Trinajstić information content (AvgIpc) is 2.41. The molecule has 1 unspecified atom stereocenters. The molecular weight excluding hydrogens is 275 g/mol. The highest BCUT2D eigenvalue weighted by Crippen LogP contribution is 2.19. The second kappa shape index (κ2) is 7.14. The number of alkyl halides is 3. The Morgan fingerprint density at radius 2 is 1.95 bits per heavy atom. The minimum Gasteiger partial charge on any atom is -0.484 e. The maximum atomic E-state index is 11.9. The van der Waals surface area contributed by atoms with Crippen molar-refractivity contribution in [3.63, 3.8) is 0 Å². The van der Waals surface area contributed by atoms with E-state index in [2.05, 4.69) is 0 Å².